The summed E-state index contributed by atoms with van der Waals surface area (Å²) < 4.78 is 2.05. The fourth-order valence-electron chi connectivity index (χ4n) is 5.01. The van der Waals surface area contributed by atoms with E-state index in [-0.39, 0.29) is 0 Å². The van der Waals surface area contributed by atoms with E-state index in [0.29, 0.717) is 0 Å². The summed E-state index contributed by atoms with van der Waals surface area (Å²) in [5.74, 6) is 1.11. The lowest BCUT2D eigenvalue weighted by Crippen LogP contribution is -2.46. The van der Waals surface area contributed by atoms with Gasteiger partial charge in [0.05, 0.1) is 11.4 Å². The molecule has 0 radical (unpaired) electrons. The Labute approximate surface area is 206 Å². The molecule has 1 aliphatic heterocycles. The summed E-state index contributed by atoms with van der Waals surface area (Å²) >= 11 is 0. The summed E-state index contributed by atoms with van der Waals surface area (Å²) in [6.45, 7) is 7.03. The highest BCUT2D eigenvalue weighted by Crippen LogP contribution is 2.33. The smallest absolute Gasteiger partial charge is 0.166 e. The van der Waals surface area contributed by atoms with Gasteiger partial charge in [-0.05, 0) is 18.1 Å². The van der Waals surface area contributed by atoms with Gasteiger partial charge in [-0.25, -0.2) is 4.98 Å². The molecule has 0 aliphatic carbocycles. The lowest BCUT2D eigenvalue weighted by Gasteiger charge is -2.36. The Hall–Kier alpha value is -3.96. The van der Waals surface area contributed by atoms with E-state index >= 15 is 0 Å². The Balaban J connectivity index is 1.39. The molecule has 0 amide bonds. The molecule has 3 heterocycles. The summed E-state index contributed by atoms with van der Waals surface area (Å²) in [4.78, 5) is 10.1. The highest BCUT2D eigenvalue weighted by atomic mass is 15.4. The number of aryl methyl sites for hydroxylation is 1. The number of anilines is 1. The Morgan fingerprint density at radius 3 is 1.97 bits per heavy atom. The van der Waals surface area contributed by atoms with Crippen LogP contribution in [0.1, 0.15) is 11.3 Å². The van der Waals surface area contributed by atoms with Crippen LogP contribution in [0.5, 0.6) is 0 Å². The molecule has 1 aliphatic rings. The quantitative estimate of drug-likeness (QED) is 0.338. The van der Waals surface area contributed by atoms with Crippen molar-refractivity contribution >= 4 is 11.5 Å². The molecule has 5 nitrogen and oxygen atoms in total. The van der Waals surface area contributed by atoms with Crippen LogP contribution >= 0.6 is 0 Å². The minimum Gasteiger partial charge on any atom is -0.354 e. The molecule has 6 rings (SSSR count). The third-order valence-corrected chi connectivity index (χ3v) is 6.82. The first kappa shape index (κ1) is 21.6. The van der Waals surface area contributed by atoms with Gasteiger partial charge in [-0.1, -0.05) is 91.0 Å². The van der Waals surface area contributed by atoms with Crippen LogP contribution in [0, 0.1) is 6.92 Å². The molecule has 0 bridgehead atoms. The van der Waals surface area contributed by atoms with Crippen molar-refractivity contribution in [2.45, 2.75) is 13.5 Å². The maximum absolute atomic E-state index is 5.13. The van der Waals surface area contributed by atoms with Gasteiger partial charge in [-0.3, -0.25) is 4.90 Å². The number of nitrogens with zero attached hydrogens (tertiary/aromatic N) is 5. The second-order valence-corrected chi connectivity index (χ2v) is 9.18. The van der Waals surface area contributed by atoms with Gasteiger partial charge >= 0.3 is 0 Å². The van der Waals surface area contributed by atoms with E-state index in [1.54, 1.807) is 0 Å². The lowest BCUT2D eigenvalue weighted by atomic mass is 10.1. The number of fused-ring (bicyclic) bond motifs is 1. The Bertz CT molecular complexity index is 1420. The van der Waals surface area contributed by atoms with Gasteiger partial charge in [-0.15, -0.1) is 0 Å². The molecule has 5 aromatic rings. The first-order chi connectivity index (χ1) is 17.3. The zero-order chi connectivity index (χ0) is 23.6. The van der Waals surface area contributed by atoms with Crippen molar-refractivity contribution in [2.24, 2.45) is 0 Å². The van der Waals surface area contributed by atoms with E-state index in [2.05, 4.69) is 106 Å². The van der Waals surface area contributed by atoms with Crippen LogP contribution in [0.3, 0.4) is 0 Å². The number of hydrogen-bond acceptors (Lipinski definition) is 4. The van der Waals surface area contributed by atoms with Crippen molar-refractivity contribution in [2.75, 3.05) is 31.1 Å². The van der Waals surface area contributed by atoms with Crippen LogP contribution in [-0.2, 0) is 6.54 Å². The molecule has 3 aromatic carbocycles. The number of aromatic nitrogens is 3. The summed E-state index contributed by atoms with van der Waals surface area (Å²) in [7, 11) is 0. The minimum atomic E-state index is 0.914. The second-order valence-electron chi connectivity index (χ2n) is 9.18. The maximum atomic E-state index is 5.13. The third-order valence-electron chi connectivity index (χ3n) is 6.82. The normalized spacial score (nSPS) is 14.5. The van der Waals surface area contributed by atoms with E-state index in [9.17, 15) is 0 Å². The largest absolute Gasteiger partial charge is 0.354 e. The predicted octanol–water partition coefficient (Wildman–Crippen LogP) is 5.69. The van der Waals surface area contributed by atoms with Crippen LogP contribution in [0.2, 0.25) is 0 Å². The van der Waals surface area contributed by atoms with Crippen molar-refractivity contribution in [1.82, 2.24) is 19.5 Å². The Morgan fingerprint density at radius 2 is 1.31 bits per heavy atom. The SMILES string of the molecule is Cc1nn2c(N3CCN(Cc4ccccc4)CC3)cc(-c3ccccc3)nc2c1-c1ccccc1. The molecular weight excluding hydrogens is 430 g/mol. The zero-order valence-electron chi connectivity index (χ0n) is 20.0. The van der Waals surface area contributed by atoms with E-state index in [1.165, 1.54) is 5.56 Å². The molecular formula is C30H29N5. The standard InChI is InChI=1S/C30H29N5/c1-23-29(26-15-9-4-10-16-26)30-31-27(25-13-7-3-8-14-25)21-28(35(30)32-23)34-19-17-33(18-20-34)22-24-11-5-2-6-12-24/h2-16,21H,17-20,22H2,1H3. The molecule has 35 heavy (non-hydrogen) atoms. The second kappa shape index (κ2) is 9.35. The van der Waals surface area contributed by atoms with Gasteiger partial charge < -0.3 is 4.90 Å². The maximum Gasteiger partial charge on any atom is 0.166 e. The third kappa shape index (κ3) is 4.31. The summed E-state index contributed by atoms with van der Waals surface area (Å²) in [5, 5.41) is 4.99. The van der Waals surface area contributed by atoms with Gasteiger partial charge in [0.1, 0.15) is 5.82 Å². The number of benzene rings is 3. The molecule has 0 atom stereocenters. The van der Waals surface area contributed by atoms with Crippen molar-refractivity contribution in [3.05, 3.63) is 108 Å². The van der Waals surface area contributed by atoms with Gasteiger partial charge in [0, 0.05) is 49.9 Å². The first-order valence-electron chi connectivity index (χ1n) is 12.3. The molecule has 1 saturated heterocycles. The van der Waals surface area contributed by atoms with Gasteiger partial charge in [0.15, 0.2) is 5.65 Å². The average molecular weight is 460 g/mol. The summed E-state index contributed by atoms with van der Waals surface area (Å²) in [5.41, 5.74) is 7.64. The molecule has 0 N–H and O–H groups in total. The number of hydrogen-bond donors (Lipinski definition) is 0. The van der Waals surface area contributed by atoms with Crippen LogP contribution < -0.4 is 4.90 Å². The first-order valence-corrected chi connectivity index (χ1v) is 12.3. The fourth-order valence-corrected chi connectivity index (χ4v) is 5.01. The summed E-state index contributed by atoms with van der Waals surface area (Å²) in [6, 6.07) is 33.9. The van der Waals surface area contributed by atoms with E-state index in [1.807, 2.05) is 12.1 Å². The average Bonchev–Trinajstić information content (AvgIpc) is 3.26. The highest BCUT2D eigenvalue weighted by molar-refractivity contribution is 5.82. The molecule has 2 aromatic heterocycles. The Morgan fingerprint density at radius 1 is 0.714 bits per heavy atom. The highest BCUT2D eigenvalue weighted by Gasteiger charge is 2.23. The molecule has 5 heteroatoms. The van der Waals surface area contributed by atoms with Crippen LogP contribution in [0.25, 0.3) is 28.0 Å². The van der Waals surface area contributed by atoms with Gasteiger partial charge in [0.2, 0.25) is 0 Å². The molecule has 1 fully saturated rings. The molecule has 0 spiro atoms. The molecule has 0 saturated carbocycles. The monoisotopic (exact) mass is 459 g/mol. The van der Waals surface area contributed by atoms with Crippen molar-refractivity contribution in [1.29, 1.82) is 0 Å². The lowest BCUT2D eigenvalue weighted by molar-refractivity contribution is 0.249. The topological polar surface area (TPSA) is 36.7 Å². The number of piperazine rings is 1. The molecule has 0 unspecified atom stereocenters. The van der Waals surface area contributed by atoms with Crippen LogP contribution in [-0.4, -0.2) is 45.7 Å². The summed E-state index contributed by atoms with van der Waals surface area (Å²) in [6.07, 6.45) is 0. The van der Waals surface area contributed by atoms with Gasteiger partial charge in [0.25, 0.3) is 0 Å². The molecule has 174 valence electrons. The van der Waals surface area contributed by atoms with E-state index in [0.717, 1.165) is 72.3 Å². The van der Waals surface area contributed by atoms with Crippen molar-refractivity contribution < 1.29 is 0 Å². The van der Waals surface area contributed by atoms with E-state index < -0.39 is 0 Å². The van der Waals surface area contributed by atoms with Crippen LogP contribution in [0.15, 0.2) is 97.1 Å². The fraction of sp³-hybridized carbons (Fsp3) is 0.200. The predicted molar refractivity (Wildman–Crippen MR) is 143 cm³/mol. The van der Waals surface area contributed by atoms with Crippen LogP contribution in [0.4, 0.5) is 5.82 Å². The zero-order valence-corrected chi connectivity index (χ0v) is 20.0. The Kier molecular flexibility index (Phi) is 5.76. The van der Waals surface area contributed by atoms with Crippen molar-refractivity contribution in [3.8, 4) is 22.4 Å². The number of rotatable bonds is 5. The van der Waals surface area contributed by atoms with Gasteiger partial charge in [-0.2, -0.15) is 9.61 Å². The van der Waals surface area contributed by atoms with Crippen molar-refractivity contribution in [3.63, 3.8) is 0 Å². The minimum absolute atomic E-state index is 0.914. The van der Waals surface area contributed by atoms with E-state index in [4.69, 9.17) is 10.1 Å².